The van der Waals surface area contributed by atoms with E-state index in [1.54, 1.807) is 48.3 Å². The number of carbonyl (C=O) groups excluding carboxylic acids is 1. The molecule has 11 heteroatoms. The van der Waals surface area contributed by atoms with Crippen LogP contribution in [-0.4, -0.2) is 40.5 Å². The summed E-state index contributed by atoms with van der Waals surface area (Å²) in [5.74, 6) is 0.249. The van der Waals surface area contributed by atoms with E-state index in [4.69, 9.17) is 5.21 Å². The second-order valence-electron chi connectivity index (χ2n) is 8.72. The number of aliphatic hydroxyl groups is 1. The number of aryl methyl sites for hydroxylation is 1. The van der Waals surface area contributed by atoms with Gasteiger partial charge in [-0.15, -0.1) is 6.58 Å². The second-order valence-corrected chi connectivity index (χ2v) is 8.72. The lowest BCUT2D eigenvalue weighted by molar-refractivity contribution is -0.129. The first kappa shape index (κ1) is 24.8. The lowest BCUT2D eigenvalue weighted by Gasteiger charge is -2.18. The van der Waals surface area contributed by atoms with Crippen LogP contribution in [0.15, 0.2) is 66.1 Å². The van der Waals surface area contributed by atoms with Crippen LogP contribution in [0.5, 0.6) is 0 Å². The molecule has 36 heavy (non-hydrogen) atoms. The fraction of sp³-hybridized carbons (Fsp3) is 0.240. The third-order valence-electron chi connectivity index (χ3n) is 5.53. The number of benzene rings is 1. The minimum Gasteiger partial charge on any atom is -0.384 e. The molecule has 0 radical (unpaired) electrons. The molecule has 0 aliphatic heterocycles. The molecule has 0 spiro atoms. The van der Waals surface area contributed by atoms with Crippen LogP contribution in [0.2, 0.25) is 0 Å². The summed E-state index contributed by atoms with van der Waals surface area (Å²) < 4.78 is 3.06. The Bertz CT molecular complexity index is 1470. The number of hydroxylamine groups is 1. The highest BCUT2D eigenvalue weighted by atomic mass is 16.5. The third-order valence-corrected chi connectivity index (χ3v) is 5.53. The maximum Gasteiger partial charge on any atom is 0.278 e. The number of aromatic nitrogens is 5. The molecule has 4 N–H and O–H groups in total. The molecule has 4 aromatic rings. The fourth-order valence-electron chi connectivity index (χ4n) is 3.69. The summed E-state index contributed by atoms with van der Waals surface area (Å²) in [5.41, 5.74) is 2.60. The molecule has 0 saturated heterocycles. The maximum absolute atomic E-state index is 13.1. The molecule has 11 nitrogen and oxygen atoms in total. The minimum atomic E-state index is -1.17. The zero-order valence-corrected chi connectivity index (χ0v) is 20.0. The Labute approximate surface area is 206 Å². The lowest BCUT2D eigenvalue weighted by Crippen LogP contribution is -2.23. The Kier molecular flexibility index (Phi) is 6.95. The molecule has 0 unspecified atom stereocenters. The number of nitrogens with one attached hydrogen (secondary N) is 2. The first-order chi connectivity index (χ1) is 17.2. The van der Waals surface area contributed by atoms with Gasteiger partial charge in [0.2, 0.25) is 11.9 Å². The third kappa shape index (κ3) is 5.16. The zero-order valence-electron chi connectivity index (χ0n) is 20.0. The van der Waals surface area contributed by atoms with Crippen molar-refractivity contribution >= 4 is 28.6 Å². The van der Waals surface area contributed by atoms with Gasteiger partial charge in [0.1, 0.15) is 11.0 Å². The number of carbonyl (C=O) groups is 1. The minimum absolute atomic E-state index is 0.172. The van der Waals surface area contributed by atoms with Gasteiger partial charge in [0.25, 0.3) is 5.56 Å². The number of fused-ring (bicyclic) bond motifs is 1. The van der Waals surface area contributed by atoms with Crippen LogP contribution in [0.4, 0.5) is 11.6 Å². The Hall–Kier alpha value is -4.35. The number of rotatable bonds is 9. The number of hydrogen-bond acceptors (Lipinski definition) is 8. The Morgan fingerprint density at radius 2 is 1.92 bits per heavy atom. The average Bonchev–Trinajstić information content (AvgIpc) is 3.14. The van der Waals surface area contributed by atoms with E-state index in [1.165, 1.54) is 10.9 Å². The molecule has 0 atom stereocenters. The standard InChI is InChI=1S/C25H27N7O4/c1-4-14-31-23(34)18-15-26-24(27-17-11-8-16(9-12-17)10-13-21(33)30-36)29-22(18)32(31)20-7-5-6-19(28-20)25(2,3)35/h4-9,11-12,15,35-36H,1,10,13-14H2,2-3H3,(H,30,33)(H,26,27,29). The summed E-state index contributed by atoms with van der Waals surface area (Å²) in [7, 11) is 0. The number of allylic oxidation sites excluding steroid dienone is 1. The van der Waals surface area contributed by atoms with Crippen molar-refractivity contribution in [1.29, 1.82) is 0 Å². The summed E-state index contributed by atoms with van der Waals surface area (Å²) in [4.78, 5) is 37.8. The number of pyridine rings is 1. The van der Waals surface area contributed by atoms with Crippen molar-refractivity contribution in [3.63, 3.8) is 0 Å². The quantitative estimate of drug-likeness (QED) is 0.159. The van der Waals surface area contributed by atoms with Crippen molar-refractivity contribution in [1.82, 2.24) is 29.8 Å². The molecule has 3 aromatic heterocycles. The molecule has 1 aromatic carbocycles. The van der Waals surface area contributed by atoms with Crippen LogP contribution in [0.25, 0.3) is 16.9 Å². The Balaban J connectivity index is 1.71. The summed E-state index contributed by atoms with van der Waals surface area (Å²) in [6.07, 6.45) is 3.72. The van der Waals surface area contributed by atoms with Crippen molar-refractivity contribution in [3.05, 3.63) is 82.9 Å². The van der Waals surface area contributed by atoms with Gasteiger partial charge in [-0.2, -0.15) is 4.98 Å². The van der Waals surface area contributed by atoms with E-state index < -0.39 is 11.5 Å². The maximum atomic E-state index is 13.1. The molecule has 0 fully saturated rings. The van der Waals surface area contributed by atoms with Crippen molar-refractivity contribution in [2.75, 3.05) is 5.32 Å². The highest BCUT2D eigenvalue weighted by Crippen LogP contribution is 2.22. The van der Waals surface area contributed by atoms with Crippen molar-refractivity contribution in [2.45, 2.75) is 38.8 Å². The van der Waals surface area contributed by atoms with Crippen LogP contribution in [0, 0.1) is 0 Å². The van der Waals surface area contributed by atoms with E-state index in [1.807, 2.05) is 24.3 Å². The van der Waals surface area contributed by atoms with Gasteiger partial charge in [-0.05, 0) is 50.1 Å². The molecule has 0 aliphatic carbocycles. The molecular weight excluding hydrogens is 462 g/mol. The van der Waals surface area contributed by atoms with Gasteiger partial charge in [-0.25, -0.2) is 24.8 Å². The summed E-state index contributed by atoms with van der Waals surface area (Å²) >= 11 is 0. The smallest absolute Gasteiger partial charge is 0.278 e. The van der Waals surface area contributed by atoms with E-state index in [2.05, 4.69) is 26.8 Å². The normalized spacial score (nSPS) is 11.4. The monoisotopic (exact) mass is 489 g/mol. The molecular formula is C25H27N7O4. The van der Waals surface area contributed by atoms with E-state index in [0.717, 1.165) is 5.56 Å². The predicted molar refractivity (Wildman–Crippen MR) is 134 cm³/mol. The second kappa shape index (κ2) is 10.1. The van der Waals surface area contributed by atoms with Crippen LogP contribution in [-0.2, 0) is 23.4 Å². The Morgan fingerprint density at radius 3 is 2.58 bits per heavy atom. The van der Waals surface area contributed by atoms with E-state index in [-0.39, 0.29) is 24.5 Å². The van der Waals surface area contributed by atoms with Crippen LogP contribution in [0.1, 0.15) is 31.5 Å². The molecule has 0 aliphatic rings. The van der Waals surface area contributed by atoms with Crippen molar-refractivity contribution < 1.29 is 15.1 Å². The molecule has 1 amide bonds. The highest BCUT2D eigenvalue weighted by Gasteiger charge is 2.21. The van der Waals surface area contributed by atoms with Gasteiger partial charge in [-0.1, -0.05) is 24.3 Å². The van der Waals surface area contributed by atoms with Crippen LogP contribution >= 0.6 is 0 Å². The molecule has 4 rings (SSSR count). The van der Waals surface area contributed by atoms with Crippen LogP contribution in [0.3, 0.4) is 0 Å². The van der Waals surface area contributed by atoms with Gasteiger partial charge in [0.05, 0.1) is 12.2 Å². The largest absolute Gasteiger partial charge is 0.384 e. The van der Waals surface area contributed by atoms with Crippen molar-refractivity contribution in [2.24, 2.45) is 0 Å². The first-order valence-corrected chi connectivity index (χ1v) is 11.3. The zero-order chi connectivity index (χ0) is 25.9. The van der Waals surface area contributed by atoms with Gasteiger partial charge in [-0.3, -0.25) is 14.8 Å². The molecule has 3 heterocycles. The number of anilines is 2. The van der Waals surface area contributed by atoms with E-state index in [0.29, 0.717) is 34.7 Å². The van der Waals surface area contributed by atoms with Gasteiger partial charge >= 0.3 is 0 Å². The molecule has 186 valence electrons. The molecule has 0 bridgehead atoms. The van der Waals surface area contributed by atoms with Crippen LogP contribution < -0.4 is 16.4 Å². The first-order valence-electron chi connectivity index (χ1n) is 11.3. The number of amides is 1. The van der Waals surface area contributed by atoms with Gasteiger partial charge < -0.3 is 10.4 Å². The summed E-state index contributed by atoms with van der Waals surface area (Å²) in [6, 6.07) is 12.6. The SMILES string of the molecule is C=CCn1c(=O)c2cnc(Nc3ccc(CCC(=O)NO)cc3)nc2n1-c1cccc(C(C)(C)O)n1. The predicted octanol–water partition coefficient (Wildman–Crippen LogP) is 2.57. The van der Waals surface area contributed by atoms with E-state index in [9.17, 15) is 14.7 Å². The van der Waals surface area contributed by atoms with Crippen molar-refractivity contribution in [3.8, 4) is 5.82 Å². The van der Waals surface area contributed by atoms with E-state index >= 15 is 0 Å². The molecule has 0 saturated carbocycles. The average molecular weight is 490 g/mol. The van der Waals surface area contributed by atoms with Gasteiger partial charge in [0.15, 0.2) is 11.5 Å². The Morgan fingerprint density at radius 1 is 1.17 bits per heavy atom. The highest BCUT2D eigenvalue weighted by molar-refractivity contribution is 5.77. The lowest BCUT2D eigenvalue weighted by atomic mass is 10.1. The number of hydrogen-bond donors (Lipinski definition) is 4. The fourth-order valence-corrected chi connectivity index (χ4v) is 3.69. The topological polar surface area (TPSA) is 147 Å². The number of nitrogens with zero attached hydrogens (tertiary/aromatic N) is 5. The van der Waals surface area contributed by atoms with Gasteiger partial charge in [0, 0.05) is 18.3 Å². The summed E-state index contributed by atoms with van der Waals surface area (Å²) in [6.45, 7) is 7.25. The summed E-state index contributed by atoms with van der Waals surface area (Å²) in [5, 5.41) is 22.5.